The Hall–Kier alpha value is -4.02. The molecule has 0 aromatic heterocycles. The molecule has 0 spiro atoms. The predicted octanol–water partition coefficient (Wildman–Crippen LogP) is 16.8. The van der Waals surface area contributed by atoms with E-state index < -0.39 is 49.4 Å². The van der Waals surface area contributed by atoms with Gasteiger partial charge in [0.15, 0.2) is 11.8 Å². The molecule has 1 aliphatic heterocycles. The highest BCUT2D eigenvalue weighted by molar-refractivity contribution is 5.42. The Balaban J connectivity index is 0.00000110. The largest absolute Gasteiger partial charge is 0.508 e. The fourth-order valence-corrected chi connectivity index (χ4v) is 6.94. The summed E-state index contributed by atoms with van der Waals surface area (Å²) in [5, 5.41) is 35.5. The van der Waals surface area contributed by atoms with Crippen molar-refractivity contribution >= 4 is 0 Å². The number of hydrogen-bond donors (Lipinski definition) is 4. The maximum Gasteiger partial charge on any atom is 0.400 e. The molecule has 17 heteroatoms. The van der Waals surface area contributed by atoms with Crippen molar-refractivity contribution in [3.05, 3.63) is 84.0 Å². The zero-order valence-electron chi connectivity index (χ0n) is 37.2. The van der Waals surface area contributed by atoms with E-state index in [2.05, 4.69) is 12.2 Å². The molecule has 3 rings (SSSR count). The van der Waals surface area contributed by atoms with Crippen molar-refractivity contribution in [1.29, 1.82) is 0 Å². The number of benzene rings is 2. The molecule has 0 amide bonds. The number of phenolic OH excluding ortho intramolecular Hbond substituents is 3. The number of phenols is 3. The number of aromatic hydroxyl groups is 3. The van der Waals surface area contributed by atoms with Crippen molar-refractivity contribution in [2.75, 3.05) is 6.61 Å². The van der Waals surface area contributed by atoms with Gasteiger partial charge >= 0.3 is 24.7 Å². The predicted molar refractivity (Wildman–Crippen MR) is 235 cm³/mol. The number of aliphatic hydroxyl groups excluding tert-OH is 1. The van der Waals surface area contributed by atoms with Crippen LogP contribution in [0.15, 0.2) is 78.4 Å². The van der Waals surface area contributed by atoms with Crippen LogP contribution in [0.1, 0.15) is 149 Å². The highest BCUT2D eigenvalue weighted by Crippen LogP contribution is 2.43. The number of halogens is 12. The fraction of sp³-hybridized carbons (Fsp3) is 0.633. The molecule has 4 N–H and O–H groups in total. The summed E-state index contributed by atoms with van der Waals surface area (Å²) in [6.07, 6.45) is 0.0593. The molecule has 66 heavy (non-hydrogen) atoms. The van der Waals surface area contributed by atoms with Crippen molar-refractivity contribution in [2.24, 2.45) is 11.8 Å². The molecule has 1 unspecified atom stereocenters. The quantitative estimate of drug-likeness (QED) is 0.0293. The average molecular weight is 967 g/mol. The van der Waals surface area contributed by atoms with Crippen LogP contribution in [-0.2, 0) is 6.42 Å². The SMILES string of the molecule is C.CC(/C=C/CCCCCCCCCC(C(F)(F)F)C(F)(F)F)=C\CO.CC1(/C=C/CCCCCCCCCC(C(F)(F)F)C(F)(F)F)CCc2cc(O)ccc2O1.Oc1ccc(O)cc1. The van der Waals surface area contributed by atoms with Crippen molar-refractivity contribution in [2.45, 2.75) is 180 Å². The van der Waals surface area contributed by atoms with E-state index in [0.29, 0.717) is 25.7 Å². The van der Waals surface area contributed by atoms with Crippen LogP contribution >= 0.6 is 0 Å². The van der Waals surface area contributed by atoms with E-state index in [1.807, 2.05) is 26.0 Å². The minimum Gasteiger partial charge on any atom is -0.508 e. The molecule has 2 aromatic rings. The highest BCUT2D eigenvalue weighted by Gasteiger charge is 2.56. The van der Waals surface area contributed by atoms with Gasteiger partial charge in [-0.2, -0.15) is 52.7 Å². The minimum absolute atomic E-state index is 0. The summed E-state index contributed by atoms with van der Waals surface area (Å²) in [7, 11) is 0. The van der Waals surface area contributed by atoms with Crippen LogP contribution in [0.4, 0.5) is 52.7 Å². The second-order valence-corrected chi connectivity index (χ2v) is 16.5. The number of aliphatic hydroxyl groups is 1. The van der Waals surface area contributed by atoms with E-state index in [9.17, 15) is 57.8 Å². The molecule has 380 valence electrons. The Morgan fingerprint density at radius 3 is 1.38 bits per heavy atom. The lowest BCUT2D eigenvalue weighted by atomic mass is 9.91. The van der Waals surface area contributed by atoms with E-state index >= 15 is 0 Å². The van der Waals surface area contributed by atoms with Gasteiger partial charge in [-0.05, 0) is 119 Å². The van der Waals surface area contributed by atoms with Gasteiger partial charge in [0.2, 0.25) is 0 Å². The summed E-state index contributed by atoms with van der Waals surface area (Å²) in [4.78, 5) is 0. The molecular formula is C49H70F12O5. The van der Waals surface area contributed by atoms with Crippen LogP contribution in [0.2, 0.25) is 0 Å². The Kier molecular flexibility index (Phi) is 29.2. The van der Waals surface area contributed by atoms with E-state index in [4.69, 9.17) is 20.1 Å². The summed E-state index contributed by atoms with van der Waals surface area (Å²) >= 11 is 0. The number of unbranched alkanes of at least 4 members (excludes halogenated alkanes) is 14. The van der Waals surface area contributed by atoms with Crippen LogP contribution in [0.3, 0.4) is 0 Å². The Morgan fingerprint density at radius 1 is 0.591 bits per heavy atom. The molecule has 0 saturated heterocycles. The average Bonchev–Trinajstić information content (AvgIpc) is 3.18. The Labute approximate surface area is 382 Å². The van der Waals surface area contributed by atoms with Crippen LogP contribution < -0.4 is 4.74 Å². The Morgan fingerprint density at radius 2 is 0.970 bits per heavy atom. The molecule has 0 bridgehead atoms. The lowest BCUT2D eigenvalue weighted by Gasteiger charge is -2.33. The highest BCUT2D eigenvalue weighted by atomic mass is 19.4. The first-order valence-electron chi connectivity index (χ1n) is 22.2. The maximum absolute atomic E-state index is 12.5. The summed E-state index contributed by atoms with van der Waals surface area (Å²) in [5.74, 6) is -5.05. The van der Waals surface area contributed by atoms with Crippen LogP contribution in [-0.4, -0.2) is 57.3 Å². The van der Waals surface area contributed by atoms with Gasteiger partial charge in [-0.15, -0.1) is 0 Å². The zero-order valence-corrected chi connectivity index (χ0v) is 37.2. The smallest absolute Gasteiger partial charge is 0.400 e. The van der Waals surface area contributed by atoms with Gasteiger partial charge in [-0.3, -0.25) is 0 Å². The standard InChI is InChI=1S/C24H32F6O2.C18H28F6O.C6H6O2.CH4/c1-22(16-14-18-17-19(31)12-13-20(18)32-22)15-10-8-6-4-2-3-5-7-9-11-21(23(25,26)27)24(28,29)30;1-15(13-14-25)11-9-7-5-3-2-4-6-8-10-12-16(17(19,20)21)18(22,23)24;7-5-1-2-6(8)4-3-5;/h10,12-13,15,17,21,31H,2-9,11,14,16H2,1H3;9,11,13,16,25H,2-8,10,12,14H2,1H3;1-4,7-8H;1H4/b15-10+;11-9+,15-13+;;. The summed E-state index contributed by atoms with van der Waals surface area (Å²) in [6, 6.07) is 10.8. The number of hydrogen-bond acceptors (Lipinski definition) is 5. The van der Waals surface area contributed by atoms with Gasteiger partial charge in [0.05, 0.1) is 6.61 Å². The summed E-state index contributed by atoms with van der Waals surface area (Å²) in [6.45, 7) is 3.94. The van der Waals surface area contributed by atoms with E-state index in [0.717, 1.165) is 93.9 Å². The topological polar surface area (TPSA) is 90.2 Å². The maximum atomic E-state index is 12.5. The van der Waals surface area contributed by atoms with Crippen molar-refractivity contribution in [1.82, 2.24) is 0 Å². The lowest BCUT2D eigenvalue weighted by Crippen LogP contribution is -2.36. The Bertz CT molecular complexity index is 1620. The first-order valence-corrected chi connectivity index (χ1v) is 22.2. The third-order valence-corrected chi connectivity index (χ3v) is 10.7. The second-order valence-electron chi connectivity index (χ2n) is 16.5. The first-order chi connectivity index (χ1) is 30.3. The molecule has 0 aliphatic carbocycles. The molecule has 2 aromatic carbocycles. The molecule has 1 atom stereocenters. The molecule has 0 fully saturated rings. The molecule has 5 nitrogen and oxygen atoms in total. The van der Waals surface area contributed by atoms with Gasteiger partial charge < -0.3 is 25.2 Å². The number of allylic oxidation sites excluding steroid dienone is 4. The zero-order chi connectivity index (χ0) is 49.2. The van der Waals surface area contributed by atoms with Crippen LogP contribution in [0.5, 0.6) is 23.0 Å². The molecular weight excluding hydrogens is 897 g/mol. The second kappa shape index (κ2) is 31.1. The third kappa shape index (κ3) is 28.2. The van der Waals surface area contributed by atoms with E-state index in [1.165, 1.54) is 24.3 Å². The van der Waals surface area contributed by atoms with Crippen molar-refractivity contribution < 1.29 is 77.8 Å². The molecule has 1 heterocycles. The van der Waals surface area contributed by atoms with E-state index in [1.54, 1.807) is 24.3 Å². The van der Waals surface area contributed by atoms with Crippen LogP contribution in [0, 0.1) is 11.8 Å². The van der Waals surface area contributed by atoms with E-state index in [-0.39, 0.29) is 49.7 Å². The molecule has 0 radical (unpaired) electrons. The monoisotopic (exact) mass is 967 g/mol. The van der Waals surface area contributed by atoms with Gasteiger partial charge in [-0.25, -0.2) is 0 Å². The fourth-order valence-electron chi connectivity index (χ4n) is 6.94. The summed E-state index contributed by atoms with van der Waals surface area (Å²) in [5.41, 5.74) is 1.62. The van der Waals surface area contributed by atoms with Gasteiger partial charge in [0.25, 0.3) is 0 Å². The normalized spacial score (nSPS) is 15.8. The molecule has 1 aliphatic rings. The first kappa shape index (κ1) is 62.0. The third-order valence-electron chi connectivity index (χ3n) is 10.7. The summed E-state index contributed by atoms with van der Waals surface area (Å²) < 4.78 is 155. The van der Waals surface area contributed by atoms with Crippen molar-refractivity contribution in [3.63, 3.8) is 0 Å². The lowest BCUT2D eigenvalue weighted by molar-refractivity contribution is -0.287. The van der Waals surface area contributed by atoms with Gasteiger partial charge in [0, 0.05) is 0 Å². The minimum atomic E-state index is -5.22. The number of aryl methyl sites for hydroxylation is 1. The van der Waals surface area contributed by atoms with Gasteiger partial charge in [-0.1, -0.05) is 114 Å². The number of rotatable bonds is 23. The van der Waals surface area contributed by atoms with Gasteiger partial charge in [0.1, 0.15) is 28.6 Å². The van der Waals surface area contributed by atoms with Crippen LogP contribution in [0.25, 0.3) is 0 Å². The number of alkyl halides is 12. The number of ether oxygens (including phenoxy) is 1. The molecule has 0 saturated carbocycles. The van der Waals surface area contributed by atoms with Crippen molar-refractivity contribution in [3.8, 4) is 23.0 Å². The number of fused-ring (bicyclic) bond motifs is 1.